The SMILES string of the molecule is CCCCCCCCCCCC(=O)Oc1ccc(COP(=O)(OCc2ccc(OC(C)=O)cc2)OP(=O)(O)OC[C@H]2O[C@@H](n3cc(C)c(=O)[nH]c3=O)C[C@@H]2N=[N+]=[N-])cc1.N. The highest BCUT2D eigenvalue weighted by molar-refractivity contribution is 7.61. The average molecular weight is 881 g/mol. The van der Waals surface area contributed by atoms with E-state index >= 15 is 0 Å². The molecule has 2 unspecified atom stereocenters. The van der Waals surface area contributed by atoms with Crippen LogP contribution in [0.2, 0.25) is 0 Å². The molecule has 1 fully saturated rings. The first-order valence-corrected chi connectivity index (χ1v) is 22.3. The van der Waals surface area contributed by atoms with E-state index in [1.807, 2.05) is 0 Å². The lowest BCUT2D eigenvalue weighted by atomic mass is 10.1. The highest BCUT2D eigenvalue weighted by Gasteiger charge is 2.42. The monoisotopic (exact) mass is 880 g/mol. The lowest BCUT2D eigenvalue weighted by Crippen LogP contribution is -2.33. The molecule has 1 aliphatic rings. The molecule has 0 bridgehead atoms. The van der Waals surface area contributed by atoms with Crippen LogP contribution in [0, 0.1) is 6.92 Å². The lowest BCUT2D eigenvalue weighted by molar-refractivity contribution is -0.134. The Labute approximate surface area is 347 Å². The topological polar surface area (TPSA) is 292 Å². The molecule has 1 aliphatic heterocycles. The smallest absolute Gasteiger partial charge is 0.427 e. The molecule has 5 atom stereocenters. The molecule has 20 nitrogen and oxygen atoms in total. The molecule has 2 heterocycles. The molecular weight excluding hydrogens is 826 g/mol. The Bertz CT molecular complexity index is 2110. The first-order valence-electron chi connectivity index (χ1n) is 19.4. The predicted molar refractivity (Wildman–Crippen MR) is 218 cm³/mol. The van der Waals surface area contributed by atoms with E-state index in [4.69, 9.17) is 37.6 Å². The maximum atomic E-state index is 13.9. The summed E-state index contributed by atoms with van der Waals surface area (Å²) in [7, 11) is -10.2. The lowest BCUT2D eigenvalue weighted by Gasteiger charge is -2.22. The van der Waals surface area contributed by atoms with Gasteiger partial charge < -0.3 is 25.3 Å². The summed E-state index contributed by atoms with van der Waals surface area (Å²) in [5, 5.41) is 3.64. The highest BCUT2D eigenvalue weighted by Crippen LogP contribution is 2.64. The predicted octanol–water partition coefficient (Wildman–Crippen LogP) is 8.40. The van der Waals surface area contributed by atoms with Gasteiger partial charge in [0.1, 0.15) is 17.7 Å². The number of nitrogens with one attached hydrogen (secondary N) is 1. The van der Waals surface area contributed by atoms with E-state index in [-0.39, 0.29) is 42.0 Å². The number of azide groups is 1. The summed E-state index contributed by atoms with van der Waals surface area (Å²) in [5.74, 6) is -0.387. The quantitative estimate of drug-likeness (QED) is 0.0137. The molecule has 5 N–H and O–H groups in total. The number of carbonyl (C=O) groups excluding carboxylic acids is 2. The van der Waals surface area contributed by atoms with Gasteiger partial charge in [0.25, 0.3) is 5.56 Å². The molecule has 4 rings (SSSR count). The second kappa shape index (κ2) is 24.7. The average Bonchev–Trinajstić information content (AvgIpc) is 3.59. The van der Waals surface area contributed by atoms with Crippen LogP contribution in [0.15, 0.2) is 69.4 Å². The van der Waals surface area contributed by atoms with E-state index in [1.165, 1.54) is 101 Å². The minimum Gasteiger partial charge on any atom is -0.427 e. The van der Waals surface area contributed by atoms with Crippen LogP contribution in [0.5, 0.6) is 11.5 Å². The van der Waals surface area contributed by atoms with Gasteiger partial charge in [0.2, 0.25) is 0 Å². The van der Waals surface area contributed by atoms with E-state index < -0.39 is 71.1 Å². The summed E-state index contributed by atoms with van der Waals surface area (Å²) in [6, 6.07) is 11.0. The Kier molecular flexibility index (Phi) is 20.6. The van der Waals surface area contributed by atoms with E-state index in [1.54, 1.807) is 0 Å². The molecule has 1 aromatic heterocycles. The minimum absolute atomic E-state index is 0. The summed E-state index contributed by atoms with van der Waals surface area (Å²) < 4.78 is 65.6. The Morgan fingerprint density at radius 3 is 2.00 bits per heavy atom. The van der Waals surface area contributed by atoms with Crippen molar-refractivity contribution in [2.45, 2.75) is 123 Å². The number of aryl methyl sites for hydroxylation is 1. The van der Waals surface area contributed by atoms with Crippen molar-refractivity contribution in [1.82, 2.24) is 15.7 Å². The molecule has 0 aliphatic carbocycles. The number of phosphoric ester groups is 2. The molecule has 0 radical (unpaired) electrons. The second-order valence-corrected chi connectivity index (χ2v) is 17.1. The molecule has 22 heteroatoms. The van der Waals surface area contributed by atoms with Crippen LogP contribution in [0.1, 0.15) is 107 Å². The van der Waals surface area contributed by atoms with Crippen molar-refractivity contribution in [1.29, 1.82) is 0 Å². The third kappa shape index (κ3) is 16.9. The van der Waals surface area contributed by atoms with E-state index in [9.17, 15) is 33.2 Å². The van der Waals surface area contributed by atoms with Gasteiger partial charge >= 0.3 is 33.3 Å². The van der Waals surface area contributed by atoms with Gasteiger partial charge in [-0.1, -0.05) is 87.7 Å². The van der Waals surface area contributed by atoms with Crippen molar-refractivity contribution < 1.29 is 55.7 Å². The number of carbonyl (C=O) groups is 2. The van der Waals surface area contributed by atoms with Crippen LogP contribution < -0.4 is 26.9 Å². The fourth-order valence-corrected chi connectivity index (χ4v) is 8.57. The van der Waals surface area contributed by atoms with E-state index in [0.29, 0.717) is 11.1 Å². The van der Waals surface area contributed by atoms with Crippen LogP contribution in [-0.2, 0) is 54.6 Å². The molecule has 330 valence electrons. The summed E-state index contributed by atoms with van der Waals surface area (Å²) in [4.78, 5) is 63.6. The number of hydrogen-bond acceptors (Lipinski definition) is 15. The van der Waals surface area contributed by atoms with Gasteiger partial charge in [-0.2, -0.15) is 4.31 Å². The first kappa shape index (κ1) is 49.9. The fraction of sp³-hybridized carbons (Fsp3) is 0.526. The third-order valence-corrected chi connectivity index (χ3v) is 12.1. The number of aromatic amines is 1. The molecule has 3 aromatic rings. The van der Waals surface area contributed by atoms with Crippen LogP contribution in [0.3, 0.4) is 0 Å². The van der Waals surface area contributed by atoms with Gasteiger partial charge in [-0.15, -0.1) is 0 Å². The molecule has 0 saturated carbocycles. The fourth-order valence-electron chi connectivity index (χ4n) is 5.97. The molecule has 60 heavy (non-hydrogen) atoms. The number of rotatable bonds is 25. The number of unbranched alkanes of at least 4 members (excludes halogenated alkanes) is 8. The number of H-pyrrole nitrogens is 1. The number of esters is 2. The summed E-state index contributed by atoms with van der Waals surface area (Å²) in [6.07, 6.45) is 9.34. The van der Waals surface area contributed by atoms with Crippen molar-refractivity contribution in [3.63, 3.8) is 0 Å². The third-order valence-electron chi connectivity index (χ3n) is 9.07. The molecular formula is C38H54N6O14P2. The van der Waals surface area contributed by atoms with Crippen molar-refractivity contribution in [2.75, 3.05) is 6.61 Å². The van der Waals surface area contributed by atoms with Gasteiger partial charge in [0.05, 0.1) is 32.0 Å². The van der Waals surface area contributed by atoms with Crippen molar-refractivity contribution in [3.05, 3.63) is 103 Å². The number of hydrogen-bond donors (Lipinski definition) is 3. The van der Waals surface area contributed by atoms with Crippen LogP contribution in [0.25, 0.3) is 10.4 Å². The van der Waals surface area contributed by atoms with E-state index in [2.05, 4.69) is 21.9 Å². The Morgan fingerprint density at radius 1 is 0.900 bits per heavy atom. The van der Waals surface area contributed by atoms with Crippen LogP contribution >= 0.6 is 15.6 Å². The summed E-state index contributed by atoms with van der Waals surface area (Å²) in [5.41, 5.74) is 8.73. The van der Waals surface area contributed by atoms with Crippen molar-refractivity contribution in [2.24, 2.45) is 5.11 Å². The maximum Gasteiger partial charge on any atom is 0.484 e. The number of ether oxygens (including phenoxy) is 3. The molecule has 0 amide bonds. The van der Waals surface area contributed by atoms with Gasteiger partial charge in [-0.05, 0) is 54.3 Å². The number of nitrogens with zero attached hydrogens (tertiary/aromatic N) is 4. The van der Waals surface area contributed by atoms with Gasteiger partial charge in [-0.25, -0.2) is 13.9 Å². The summed E-state index contributed by atoms with van der Waals surface area (Å²) >= 11 is 0. The zero-order valence-electron chi connectivity index (χ0n) is 34.0. The van der Waals surface area contributed by atoms with Gasteiger partial charge in [0.15, 0.2) is 0 Å². The normalized spacial score (nSPS) is 18.0. The van der Waals surface area contributed by atoms with Crippen molar-refractivity contribution >= 4 is 27.6 Å². The van der Waals surface area contributed by atoms with Crippen LogP contribution in [-0.4, -0.2) is 45.1 Å². The molecule has 0 spiro atoms. The second-order valence-electron chi connectivity index (χ2n) is 13.9. The molecule has 2 aromatic carbocycles. The number of phosphoric acid groups is 2. The van der Waals surface area contributed by atoms with Gasteiger partial charge in [-0.3, -0.25) is 37.5 Å². The minimum atomic E-state index is -5.30. The Morgan fingerprint density at radius 2 is 1.45 bits per heavy atom. The number of benzene rings is 2. The number of aromatic nitrogens is 2. The van der Waals surface area contributed by atoms with Gasteiger partial charge in [0, 0.05) is 36.4 Å². The maximum absolute atomic E-state index is 13.9. The van der Waals surface area contributed by atoms with Crippen LogP contribution in [0.4, 0.5) is 0 Å². The molecule has 1 saturated heterocycles. The van der Waals surface area contributed by atoms with E-state index in [0.717, 1.165) is 30.3 Å². The zero-order valence-corrected chi connectivity index (χ0v) is 35.8. The summed E-state index contributed by atoms with van der Waals surface area (Å²) in [6.45, 7) is 3.26. The first-order chi connectivity index (χ1) is 28.2. The largest absolute Gasteiger partial charge is 0.484 e. The standard InChI is InChI=1S/C38H51N5O14P2.H3N/c1-4-5-6-7-8-9-10-11-12-13-36(45)55-32-20-16-30(17-21-32)25-53-59(50,52-24-29-14-18-31(19-15-29)54-28(3)44)57-58(48,49)51-26-34-33(41-42-39)22-35(56-34)43-23-27(2)37(46)40-38(43)47;/h14-21,23,33-35H,4-13,22,24-26H2,1-3H3,(H,48,49)(H,40,46,47);1H3/t33-,34+,35+,59?;/m0./s1. The van der Waals surface area contributed by atoms with Crippen molar-refractivity contribution in [3.8, 4) is 11.5 Å². The highest BCUT2D eigenvalue weighted by atomic mass is 31.3. The zero-order chi connectivity index (χ0) is 42.8. The Balaban J connectivity index is 0.00000961. The Hall–Kier alpha value is -4.45.